The predicted molar refractivity (Wildman–Crippen MR) is 55.1 cm³/mol. The number of likely N-dealkylation sites (N-methyl/N-ethyl adjacent to an activating group) is 1. The Morgan fingerprint density at radius 2 is 2.27 bits per heavy atom. The van der Waals surface area contributed by atoms with Crippen LogP contribution in [0.25, 0.3) is 0 Å². The molecule has 0 radical (unpaired) electrons. The van der Waals surface area contributed by atoms with E-state index in [1.807, 2.05) is 0 Å². The number of nitrogens with one attached hydrogen (secondary N) is 1. The molecule has 2 amide bonds. The van der Waals surface area contributed by atoms with Crippen LogP contribution in [-0.2, 0) is 9.59 Å². The highest BCUT2D eigenvalue weighted by molar-refractivity contribution is 5.90. The lowest BCUT2D eigenvalue weighted by Crippen LogP contribution is -2.47. The van der Waals surface area contributed by atoms with Crippen LogP contribution in [0.1, 0.15) is 26.7 Å². The van der Waals surface area contributed by atoms with Crippen molar-refractivity contribution in [1.82, 2.24) is 10.2 Å². The first-order valence-electron chi connectivity index (χ1n) is 5.06. The molecule has 1 heterocycles. The lowest BCUT2D eigenvalue weighted by Gasteiger charge is -2.27. The Bertz CT molecular complexity index is 270. The summed E-state index contributed by atoms with van der Waals surface area (Å²) < 4.78 is 0. The monoisotopic (exact) mass is 214 g/mol. The molecule has 5 nitrogen and oxygen atoms in total. The van der Waals surface area contributed by atoms with E-state index in [0.29, 0.717) is 12.8 Å². The quantitative estimate of drug-likeness (QED) is 0.665. The minimum Gasteiger partial charge on any atom is -0.389 e. The molecule has 0 aromatic rings. The van der Waals surface area contributed by atoms with Crippen LogP contribution in [-0.4, -0.2) is 47.1 Å². The van der Waals surface area contributed by atoms with Crippen molar-refractivity contribution in [2.24, 2.45) is 0 Å². The second-order valence-electron chi connectivity index (χ2n) is 4.67. The summed E-state index contributed by atoms with van der Waals surface area (Å²) in [5.74, 6) is -0.215. The van der Waals surface area contributed by atoms with Crippen molar-refractivity contribution in [2.45, 2.75) is 38.3 Å². The minimum atomic E-state index is -0.910. The van der Waals surface area contributed by atoms with E-state index in [1.54, 1.807) is 20.9 Å². The van der Waals surface area contributed by atoms with Crippen LogP contribution in [0.5, 0.6) is 0 Å². The van der Waals surface area contributed by atoms with Gasteiger partial charge in [0.05, 0.1) is 5.60 Å². The van der Waals surface area contributed by atoms with Gasteiger partial charge in [0.15, 0.2) is 0 Å². The number of nitrogens with zero attached hydrogens (tertiary/aromatic N) is 1. The third-order valence-corrected chi connectivity index (χ3v) is 2.29. The number of carbonyl (C=O) groups excluding carboxylic acids is 2. The minimum absolute atomic E-state index is 0.0787. The summed E-state index contributed by atoms with van der Waals surface area (Å²) in [5.41, 5.74) is -0.910. The first-order chi connectivity index (χ1) is 6.79. The van der Waals surface area contributed by atoms with Crippen molar-refractivity contribution in [3.05, 3.63) is 0 Å². The van der Waals surface area contributed by atoms with Gasteiger partial charge in [0.1, 0.15) is 6.04 Å². The maximum absolute atomic E-state index is 11.8. The smallest absolute Gasteiger partial charge is 0.245 e. The van der Waals surface area contributed by atoms with Gasteiger partial charge in [-0.05, 0) is 20.3 Å². The van der Waals surface area contributed by atoms with E-state index in [9.17, 15) is 14.7 Å². The van der Waals surface area contributed by atoms with Gasteiger partial charge < -0.3 is 15.3 Å². The van der Waals surface area contributed by atoms with Gasteiger partial charge in [-0.2, -0.15) is 0 Å². The molecule has 0 unspecified atom stereocenters. The Kier molecular flexibility index (Phi) is 3.34. The molecular formula is C10H18N2O3. The van der Waals surface area contributed by atoms with E-state index < -0.39 is 11.6 Å². The lowest BCUT2D eigenvalue weighted by atomic mass is 10.1. The Hall–Kier alpha value is -1.10. The Labute approximate surface area is 89.4 Å². The van der Waals surface area contributed by atoms with E-state index >= 15 is 0 Å². The Balaban J connectivity index is 2.50. The molecule has 1 atom stereocenters. The molecule has 1 aliphatic heterocycles. The standard InChI is InChI=1S/C10H18N2O3/c1-10(2,15)6-12(3)9(14)7-4-5-8(13)11-7/h7,15H,4-6H2,1-3H3,(H,11,13)/t7-/m0/s1. The number of hydrogen-bond acceptors (Lipinski definition) is 3. The summed E-state index contributed by atoms with van der Waals surface area (Å²) in [6.07, 6.45) is 0.959. The van der Waals surface area contributed by atoms with Crippen LogP contribution >= 0.6 is 0 Å². The molecule has 1 rings (SSSR count). The van der Waals surface area contributed by atoms with Crippen LogP contribution in [0.2, 0.25) is 0 Å². The fourth-order valence-electron chi connectivity index (χ4n) is 1.72. The van der Waals surface area contributed by atoms with Crippen molar-refractivity contribution < 1.29 is 14.7 Å². The summed E-state index contributed by atoms with van der Waals surface area (Å²) in [6.45, 7) is 3.55. The van der Waals surface area contributed by atoms with Crippen molar-refractivity contribution in [2.75, 3.05) is 13.6 Å². The van der Waals surface area contributed by atoms with Crippen molar-refractivity contribution in [3.8, 4) is 0 Å². The summed E-state index contributed by atoms with van der Waals surface area (Å²) in [6, 6.07) is -0.412. The lowest BCUT2D eigenvalue weighted by molar-refractivity contribution is -0.135. The van der Waals surface area contributed by atoms with E-state index in [2.05, 4.69) is 5.32 Å². The van der Waals surface area contributed by atoms with Crippen LogP contribution in [0.15, 0.2) is 0 Å². The van der Waals surface area contributed by atoms with Gasteiger partial charge in [0, 0.05) is 20.0 Å². The van der Waals surface area contributed by atoms with Crippen molar-refractivity contribution in [1.29, 1.82) is 0 Å². The molecule has 2 N–H and O–H groups in total. The number of aliphatic hydroxyl groups is 1. The molecule has 1 fully saturated rings. The average molecular weight is 214 g/mol. The second kappa shape index (κ2) is 4.18. The fraction of sp³-hybridized carbons (Fsp3) is 0.800. The first-order valence-corrected chi connectivity index (χ1v) is 5.06. The fourth-order valence-corrected chi connectivity index (χ4v) is 1.72. The topological polar surface area (TPSA) is 69.6 Å². The average Bonchev–Trinajstić information content (AvgIpc) is 2.47. The molecule has 0 aliphatic carbocycles. The maximum atomic E-state index is 11.8. The van der Waals surface area contributed by atoms with Gasteiger partial charge in [-0.25, -0.2) is 0 Å². The molecule has 0 aromatic carbocycles. The molecule has 1 aliphatic rings. The van der Waals surface area contributed by atoms with Gasteiger partial charge in [0.25, 0.3) is 0 Å². The summed E-state index contributed by atoms with van der Waals surface area (Å²) in [7, 11) is 1.63. The molecule has 1 saturated heterocycles. The van der Waals surface area contributed by atoms with Gasteiger partial charge in [-0.15, -0.1) is 0 Å². The zero-order valence-corrected chi connectivity index (χ0v) is 9.41. The Morgan fingerprint density at radius 3 is 2.67 bits per heavy atom. The normalized spacial score (nSPS) is 21.3. The summed E-state index contributed by atoms with van der Waals surface area (Å²) in [4.78, 5) is 24.2. The first kappa shape index (κ1) is 12.0. The van der Waals surface area contributed by atoms with Gasteiger partial charge in [0.2, 0.25) is 11.8 Å². The highest BCUT2D eigenvalue weighted by Gasteiger charge is 2.30. The predicted octanol–water partition coefficient (Wildman–Crippen LogP) is -0.506. The van der Waals surface area contributed by atoms with Crippen LogP contribution in [0, 0.1) is 0 Å². The molecule has 86 valence electrons. The zero-order valence-electron chi connectivity index (χ0n) is 9.41. The van der Waals surface area contributed by atoms with E-state index in [0.717, 1.165) is 0 Å². The third kappa shape index (κ3) is 3.51. The molecular weight excluding hydrogens is 196 g/mol. The highest BCUT2D eigenvalue weighted by Crippen LogP contribution is 2.11. The van der Waals surface area contributed by atoms with E-state index in [-0.39, 0.29) is 18.4 Å². The van der Waals surface area contributed by atoms with Crippen molar-refractivity contribution in [3.63, 3.8) is 0 Å². The molecule has 0 aromatic heterocycles. The molecule has 15 heavy (non-hydrogen) atoms. The summed E-state index contributed by atoms with van der Waals surface area (Å²) >= 11 is 0. The largest absolute Gasteiger partial charge is 0.389 e. The van der Waals surface area contributed by atoms with E-state index in [4.69, 9.17) is 0 Å². The zero-order chi connectivity index (χ0) is 11.6. The van der Waals surface area contributed by atoms with Crippen LogP contribution in [0.4, 0.5) is 0 Å². The van der Waals surface area contributed by atoms with Gasteiger partial charge in [-0.1, -0.05) is 0 Å². The maximum Gasteiger partial charge on any atom is 0.245 e. The van der Waals surface area contributed by atoms with Crippen LogP contribution < -0.4 is 5.32 Å². The third-order valence-electron chi connectivity index (χ3n) is 2.29. The Morgan fingerprint density at radius 1 is 1.67 bits per heavy atom. The number of amides is 2. The van der Waals surface area contributed by atoms with Gasteiger partial charge in [-0.3, -0.25) is 9.59 Å². The van der Waals surface area contributed by atoms with Gasteiger partial charge >= 0.3 is 0 Å². The molecule has 5 heteroatoms. The number of rotatable bonds is 3. The molecule has 0 spiro atoms. The second-order valence-corrected chi connectivity index (χ2v) is 4.67. The summed E-state index contributed by atoms with van der Waals surface area (Å²) in [5, 5.41) is 12.2. The van der Waals surface area contributed by atoms with E-state index in [1.165, 1.54) is 4.90 Å². The van der Waals surface area contributed by atoms with Crippen LogP contribution in [0.3, 0.4) is 0 Å². The number of carbonyl (C=O) groups is 2. The molecule has 0 bridgehead atoms. The van der Waals surface area contributed by atoms with Crippen molar-refractivity contribution >= 4 is 11.8 Å². The number of hydrogen-bond donors (Lipinski definition) is 2. The highest BCUT2D eigenvalue weighted by atomic mass is 16.3. The molecule has 0 saturated carbocycles. The SMILES string of the molecule is CN(CC(C)(C)O)C(=O)[C@@H]1CCC(=O)N1.